The molecule has 3 atom stereocenters. The molecule has 0 rings (SSSR count). The number of carboxylic acids is 3. The minimum Gasteiger partial charge on any atom is -0.550 e. The third kappa shape index (κ3) is 25.8. The van der Waals surface area contributed by atoms with Crippen LogP contribution in [-0.4, -0.2) is 17.9 Å². The van der Waals surface area contributed by atoms with Crippen LogP contribution < -0.4 is 15.3 Å². The van der Waals surface area contributed by atoms with Gasteiger partial charge in [-0.1, -0.05) is 80.1 Å². The van der Waals surface area contributed by atoms with Crippen molar-refractivity contribution < 1.29 is 66.6 Å². The molecule has 0 fully saturated rings. The molecular formula is C24H45O6Tm. The average Bonchev–Trinajstić information content (AvgIpc) is 2.70. The van der Waals surface area contributed by atoms with Gasteiger partial charge in [-0.25, -0.2) is 0 Å². The summed E-state index contributed by atoms with van der Waals surface area (Å²) in [6.45, 7) is 11.8. The molecule has 31 heavy (non-hydrogen) atoms. The fourth-order valence-electron chi connectivity index (χ4n) is 2.82. The minimum absolute atomic E-state index is 0. The van der Waals surface area contributed by atoms with Crippen LogP contribution in [0.4, 0.5) is 0 Å². The Morgan fingerprint density at radius 3 is 0.806 bits per heavy atom. The number of carbonyl (C=O) groups is 3. The van der Waals surface area contributed by atoms with Crippen molar-refractivity contribution in [2.45, 2.75) is 119 Å². The smallest absolute Gasteiger partial charge is 0.550 e. The number of carboxylic acid groups (broad SMARTS) is 3. The molecule has 0 spiro atoms. The summed E-state index contributed by atoms with van der Waals surface area (Å²) in [7, 11) is 0. The quantitative estimate of drug-likeness (QED) is 0.286. The van der Waals surface area contributed by atoms with E-state index in [4.69, 9.17) is 0 Å². The molecule has 0 saturated carbocycles. The first kappa shape index (κ1) is 37.9. The molecule has 0 aliphatic carbocycles. The van der Waals surface area contributed by atoms with Crippen LogP contribution in [0.25, 0.3) is 0 Å². The van der Waals surface area contributed by atoms with Gasteiger partial charge in [0.15, 0.2) is 0 Å². The SMILES string of the molecule is CCCCC(CC)C(=O)[O-].CCCCC(CC)C(=O)[O-].CCCCC(CC)C(=O)[O-].[Tm+3]. The Kier molecular flexibility index (Phi) is 33.9. The number of unbranched alkanes of at least 4 members (excludes halogenated alkanes) is 3. The predicted molar refractivity (Wildman–Crippen MR) is 115 cm³/mol. The molecule has 0 N–H and O–H groups in total. The van der Waals surface area contributed by atoms with E-state index in [0.29, 0.717) is 19.3 Å². The molecule has 190 valence electrons. The number of aliphatic carboxylic acids is 3. The number of carbonyl (C=O) groups excluding carboxylic acids is 3. The average molecular weight is 599 g/mol. The van der Waals surface area contributed by atoms with Crippen LogP contribution in [0.2, 0.25) is 0 Å². The Hall–Kier alpha value is -0.356. The molecule has 0 aromatic carbocycles. The largest absolute Gasteiger partial charge is 3.00 e. The summed E-state index contributed by atoms with van der Waals surface area (Å²) in [6, 6.07) is 0. The van der Waals surface area contributed by atoms with Crippen LogP contribution in [0, 0.1) is 54.6 Å². The molecule has 0 radical (unpaired) electrons. The normalized spacial score (nSPS) is 12.6. The third-order valence-corrected chi connectivity index (χ3v) is 5.20. The van der Waals surface area contributed by atoms with Gasteiger partial charge in [0.2, 0.25) is 0 Å². The van der Waals surface area contributed by atoms with E-state index in [-0.39, 0.29) is 54.6 Å². The maximum atomic E-state index is 10.3. The zero-order valence-electron chi connectivity index (χ0n) is 20.4. The summed E-state index contributed by atoms with van der Waals surface area (Å²) in [5.74, 6) is -3.34. The van der Waals surface area contributed by atoms with Crippen LogP contribution in [0.5, 0.6) is 0 Å². The number of rotatable bonds is 15. The van der Waals surface area contributed by atoms with Crippen molar-refractivity contribution in [1.29, 1.82) is 0 Å². The van der Waals surface area contributed by atoms with Crippen molar-refractivity contribution in [3.63, 3.8) is 0 Å². The van der Waals surface area contributed by atoms with E-state index in [2.05, 4.69) is 20.8 Å². The van der Waals surface area contributed by atoms with Crippen LogP contribution in [0.1, 0.15) is 119 Å². The second kappa shape index (κ2) is 27.7. The van der Waals surface area contributed by atoms with E-state index >= 15 is 0 Å². The molecule has 6 nitrogen and oxygen atoms in total. The molecule has 0 bridgehead atoms. The van der Waals surface area contributed by atoms with Gasteiger partial charge in [0.25, 0.3) is 0 Å². The molecule has 0 saturated heterocycles. The van der Waals surface area contributed by atoms with Gasteiger partial charge in [-0.15, -0.1) is 0 Å². The third-order valence-electron chi connectivity index (χ3n) is 5.20. The van der Waals surface area contributed by atoms with E-state index in [0.717, 1.165) is 57.8 Å². The van der Waals surface area contributed by atoms with Crippen LogP contribution in [-0.2, 0) is 14.4 Å². The molecule has 0 amide bonds. The second-order valence-corrected chi connectivity index (χ2v) is 7.70. The van der Waals surface area contributed by atoms with E-state index in [1.54, 1.807) is 0 Å². The summed E-state index contributed by atoms with van der Waals surface area (Å²) >= 11 is 0. The fraction of sp³-hybridized carbons (Fsp3) is 0.875. The maximum Gasteiger partial charge on any atom is 3.00 e. The van der Waals surface area contributed by atoms with E-state index in [9.17, 15) is 29.7 Å². The van der Waals surface area contributed by atoms with Crippen molar-refractivity contribution in [3.05, 3.63) is 0 Å². The van der Waals surface area contributed by atoms with Gasteiger partial charge in [-0.3, -0.25) is 0 Å². The van der Waals surface area contributed by atoms with Crippen LogP contribution in [0.3, 0.4) is 0 Å². The summed E-state index contributed by atoms with van der Waals surface area (Å²) < 4.78 is 0. The number of hydrogen-bond donors (Lipinski definition) is 0. The molecule has 3 unspecified atom stereocenters. The Morgan fingerprint density at radius 2 is 0.710 bits per heavy atom. The first-order valence-corrected chi connectivity index (χ1v) is 11.8. The van der Waals surface area contributed by atoms with Crippen LogP contribution in [0.15, 0.2) is 0 Å². The minimum atomic E-state index is -0.893. The zero-order valence-corrected chi connectivity index (χ0v) is 22.2. The first-order chi connectivity index (χ1) is 14.2. The second-order valence-electron chi connectivity index (χ2n) is 7.70. The topological polar surface area (TPSA) is 120 Å². The Bertz CT molecular complexity index is 366. The van der Waals surface area contributed by atoms with E-state index in [1.807, 2.05) is 20.8 Å². The molecule has 7 heteroatoms. The molecular weight excluding hydrogens is 553 g/mol. The van der Waals surface area contributed by atoms with Crippen molar-refractivity contribution >= 4 is 17.9 Å². The first-order valence-electron chi connectivity index (χ1n) is 11.8. The van der Waals surface area contributed by atoms with E-state index < -0.39 is 17.9 Å². The van der Waals surface area contributed by atoms with Gasteiger partial charge in [0, 0.05) is 17.9 Å². The van der Waals surface area contributed by atoms with Gasteiger partial charge in [-0.05, 0) is 56.3 Å². The van der Waals surface area contributed by atoms with E-state index in [1.165, 1.54) is 0 Å². The Labute approximate surface area is 219 Å². The summed E-state index contributed by atoms with van der Waals surface area (Å²) in [5, 5.41) is 31.0. The fourth-order valence-corrected chi connectivity index (χ4v) is 2.82. The van der Waals surface area contributed by atoms with Gasteiger partial charge in [-0.2, -0.15) is 0 Å². The number of hydrogen-bond acceptors (Lipinski definition) is 6. The summed E-state index contributed by atoms with van der Waals surface area (Å²) in [6.07, 6.45) is 10.6. The summed E-state index contributed by atoms with van der Waals surface area (Å²) in [5.41, 5.74) is 0. The Morgan fingerprint density at radius 1 is 0.516 bits per heavy atom. The van der Waals surface area contributed by atoms with Crippen molar-refractivity contribution in [2.24, 2.45) is 17.8 Å². The molecule has 0 aromatic heterocycles. The van der Waals surface area contributed by atoms with Gasteiger partial charge in [0.1, 0.15) is 0 Å². The zero-order chi connectivity index (χ0) is 23.9. The predicted octanol–water partition coefficient (Wildman–Crippen LogP) is 2.86. The van der Waals surface area contributed by atoms with Gasteiger partial charge >= 0.3 is 36.9 Å². The molecule has 0 aliphatic rings. The van der Waals surface area contributed by atoms with Crippen molar-refractivity contribution in [3.8, 4) is 0 Å². The maximum absolute atomic E-state index is 10.3. The standard InChI is InChI=1S/3C8H16O2.Tm/c3*1-3-5-6-7(4-2)8(9)10;/h3*7H,3-6H2,1-2H3,(H,9,10);/q;;;+3/p-3. The molecule has 0 heterocycles. The van der Waals surface area contributed by atoms with Gasteiger partial charge in [0.05, 0.1) is 0 Å². The van der Waals surface area contributed by atoms with Gasteiger partial charge < -0.3 is 29.7 Å². The summed E-state index contributed by atoms with van der Waals surface area (Å²) in [4.78, 5) is 31.0. The van der Waals surface area contributed by atoms with Crippen LogP contribution >= 0.6 is 0 Å². The van der Waals surface area contributed by atoms with Crippen molar-refractivity contribution in [2.75, 3.05) is 0 Å². The monoisotopic (exact) mass is 598 g/mol. The molecule has 0 aromatic rings. The molecule has 0 aliphatic heterocycles. The van der Waals surface area contributed by atoms with Crippen molar-refractivity contribution in [1.82, 2.24) is 0 Å². The Balaban J connectivity index is -0.000000174.